The number of nitrogens with zero attached hydrogens (tertiary/aromatic N) is 2. The molecule has 1 aliphatic heterocycles. The van der Waals surface area contributed by atoms with Crippen LogP contribution in [0.3, 0.4) is 0 Å². The number of hydrogen-bond donors (Lipinski definition) is 0. The van der Waals surface area contributed by atoms with Crippen molar-refractivity contribution in [2.24, 2.45) is 5.41 Å². The predicted octanol–water partition coefficient (Wildman–Crippen LogP) is 3.43. The number of methoxy groups -OCH3 is 1. The summed E-state index contributed by atoms with van der Waals surface area (Å²) >= 11 is 3.27. The normalized spacial score (nSPS) is 19.0. The van der Waals surface area contributed by atoms with Crippen LogP contribution in [-0.2, 0) is 16.1 Å². The van der Waals surface area contributed by atoms with Crippen LogP contribution in [0.1, 0.15) is 35.8 Å². The molecule has 3 rings (SSSR count). The second-order valence-corrected chi connectivity index (χ2v) is 7.87. The number of ether oxygens (including phenoxy) is 1. The summed E-state index contributed by atoms with van der Waals surface area (Å²) in [6.07, 6.45) is 1.56. The molecule has 0 radical (unpaired) electrons. The van der Waals surface area contributed by atoms with E-state index < -0.39 is 5.41 Å². The minimum absolute atomic E-state index is 0.208. The summed E-state index contributed by atoms with van der Waals surface area (Å²) in [7, 11) is 1.60. The van der Waals surface area contributed by atoms with Gasteiger partial charge in [0.25, 0.3) is 0 Å². The topological polar surface area (TPSA) is 76.6 Å². The largest absolute Gasteiger partial charge is 0.497 e. The summed E-state index contributed by atoms with van der Waals surface area (Å²) in [5.74, 6) is -0.241. The van der Waals surface area contributed by atoms with Gasteiger partial charge in [0, 0.05) is 23.8 Å². The molecule has 1 fully saturated rings. The number of benzene rings is 1. The monoisotopic (exact) mass is 444 g/mol. The zero-order valence-electron chi connectivity index (χ0n) is 15.8. The highest BCUT2D eigenvalue weighted by Gasteiger charge is 2.48. The molecule has 1 aromatic heterocycles. The minimum Gasteiger partial charge on any atom is -0.497 e. The van der Waals surface area contributed by atoms with Gasteiger partial charge >= 0.3 is 0 Å². The lowest BCUT2D eigenvalue weighted by atomic mass is 9.81. The third-order valence-corrected chi connectivity index (χ3v) is 5.77. The summed E-state index contributed by atoms with van der Waals surface area (Å²) < 4.78 is 5.68. The molecule has 2 aromatic rings. The van der Waals surface area contributed by atoms with E-state index in [1.54, 1.807) is 31.1 Å². The molecule has 2 heterocycles. The summed E-state index contributed by atoms with van der Waals surface area (Å²) in [6, 6.07) is 10.9. The number of aromatic nitrogens is 1. The smallest absolute Gasteiger partial charge is 0.236 e. The van der Waals surface area contributed by atoms with Crippen LogP contribution in [0.15, 0.2) is 47.1 Å². The van der Waals surface area contributed by atoms with Gasteiger partial charge in [-0.1, -0.05) is 12.1 Å². The lowest BCUT2D eigenvalue weighted by Gasteiger charge is -2.22. The van der Waals surface area contributed by atoms with Gasteiger partial charge < -0.3 is 9.64 Å². The number of carbonyl (C=O) groups excluding carboxylic acids is 3. The molecule has 1 unspecified atom stereocenters. The van der Waals surface area contributed by atoms with E-state index >= 15 is 0 Å². The van der Waals surface area contributed by atoms with Crippen LogP contribution in [0.5, 0.6) is 5.75 Å². The first-order chi connectivity index (χ1) is 13.3. The first kappa shape index (κ1) is 20.2. The minimum atomic E-state index is -1.18. The van der Waals surface area contributed by atoms with Crippen molar-refractivity contribution in [1.82, 2.24) is 9.88 Å². The molecule has 0 aliphatic carbocycles. The molecule has 1 aromatic carbocycles. The van der Waals surface area contributed by atoms with E-state index in [1.807, 2.05) is 24.3 Å². The highest BCUT2D eigenvalue weighted by atomic mass is 79.9. The van der Waals surface area contributed by atoms with Gasteiger partial charge in [0.2, 0.25) is 5.91 Å². The van der Waals surface area contributed by atoms with Crippen molar-refractivity contribution in [1.29, 1.82) is 0 Å². The number of pyridine rings is 1. The van der Waals surface area contributed by atoms with Gasteiger partial charge in [-0.2, -0.15) is 0 Å². The van der Waals surface area contributed by atoms with Gasteiger partial charge in [-0.3, -0.25) is 19.4 Å². The van der Waals surface area contributed by atoms with Crippen LogP contribution in [0.2, 0.25) is 0 Å². The van der Waals surface area contributed by atoms with Crippen molar-refractivity contribution in [3.8, 4) is 5.75 Å². The molecule has 0 bridgehead atoms. The van der Waals surface area contributed by atoms with Crippen molar-refractivity contribution in [3.63, 3.8) is 0 Å². The van der Waals surface area contributed by atoms with Crippen LogP contribution in [0.4, 0.5) is 0 Å². The van der Waals surface area contributed by atoms with E-state index in [-0.39, 0.29) is 29.6 Å². The Kier molecular flexibility index (Phi) is 5.93. The third-order valence-electron chi connectivity index (χ3n) is 5.13. The Bertz CT molecular complexity index is 913. The molecular formula is C21H21BrN2O4. The lowest BCUT2D eigenvalue weighted by Crippen LogP contribution is -2.39. The van der Waals surface area contributed by atoms with E-state index in [0.717, 1.165) is 11.3 Å². The molecule has 1 atom stereocenters. The number of likely N-dealkylation sites (tertiary alicyclic amines) is 1. The number of halogens is 1. The Morgan fingerprint density at radius 3 is 2.61 bits per heavy atom. The number of Topliss-reactive ketones (excluding diaryl/α,β-unsaturated/α-hetero) is 2. The Balaban J connectivity index is 1.68. The molecular weight excluding hydrogens is 424 g/mol. The van der Waals surface area contributed by atoms with Crippen molar-refractivity contribution in [3.05, 3.63) is 58.3 Å². The Labute approximate surface area is 172 Å². The first-order valence-electron chi connectivity index (χ1n) is 8.94. The molecule has 6 nitrogen and oxygen atoms in total. The fraction of sp³-hybridized carbons (Fsp3) is 0.333. The fourth-order valence-electron chi connectivity index (χ4n) is 3.29. The van der Waals surface area contributed by atoms with Crippen LogP contribution in [0.25, 0.3) is 0 Å². The molecule has 0 N–H and O–H groups in total. The summed E-state index contributed by atoms with van der Waals surface area (Å²) in [4.78, 5) is 43.9. The van der Waals surface area contributed by atoms with E-state index in [4.69, 9.17) is 4.74 Å². The zero-order valence-corrected chi connectivity index (χ0v) is 17.4. The van der Waals surface area contributed by atoms with E-state index in [9.17, 15) is 14.4 Å². The van der Waals surface area contributed by atoms with E-state index in [1.165, 1.54) is 6.20 Å². The average molecular weight is 445 g/mol. The van der Waals surface area contributed by atoms with Crippen LogP contribution < -0.4 is 4.74 Å². The number of rotatable bonds is 7. The van der Waals surface area contributed by atoms with Gasteiger partial charge in [-0.05, 0) is 59.1 Å². The molecule has 28 heavy (non-hydrogen) atoms. The number of hydrogen-bond acceptors (Lipinski definition) is 5. The van der Waals surface area contributed by atoms with Gasteiger partial charge in [0.15, 0.2) is 11.6 Å². The SMILES string of the molecule is COc1ccc(CN2CCC(C)(C(=O)CC(=O)c3ncccc3Br)C2=O)cc1. The van der Waals surface area contributed by atoms with Crippen LogP contribution in [-0.4, -0.2) is 41.0 Å². The lowest BCUT2D eigenvalue weighted by molar-refractivity contribution is -0.143. The Morgan fingerprint density at radius 2 is 1.96 bits per heavy atom. The summed E-state index contributed by atoms with van der Waals surface area (Å²) in [6.45, 7) is 2.53. The Hall–Kier alpha value is -2.54. The zero-order chi connectivity index (χ0) is 20.3. The van der Waals surface area contributed by atoms with E-state index in [0.29, 0.717) is 24.0 Å². The number of amides is 1. The maximum absolute atomic E-state index is 12.9. The maximum Gasteiger partial charge on any atom is 0.236 e. The quantitative estimate of drug-likeness (QED) is 0.482. The molecule has 0 spiro atoms. The first-order valence-corrected chi connectivity index (χ1v) is 9.74. The molecule has 7 heteroatoms. The molecule has 0 saturated carbocycles. The Morgan fingerprint density at radius 1 is 1.25 bits per heavy atom. The standard InChI is InChI=1S/C21H21BrN2O4/c1-21(18(26)12-17(25)19-16(22)4-3-10-23-19)9-11-24(20(21)27)13-14-5-7-15(28-2)8-6-14/h3-8,10H,9,11-13H2,1-2H3. The maximum atomic E-state index is 12.9. The highest BCUT2D eigenvalue weighted by Crippen LogP contribution is 2.35. The van der Waals surface area contributed by atoms with Crippen molar-refractivity contribution in [2.45, 2.75) is 26.3 Å². The molecule has 1 aliphatic rings. The van der Waals surface area contributed by atoms with E-state index in [2.05, 4.69) is 20.9 Å². The van der Waals surface area contributed by atoms with Gasteiger partial charge in [-0.25, -0.2) is 0 Å². The highest BCUT2D eigenvalue weighted by molar-refractivity contribution is 9.10. The molecule has 1 saturated heterocycles. The van der Waals surface area contributed by atoms with Crippen molar-refractivity contribution < 1.29 is 19.1 Å². The van der Waals surface area contributed by atoms with Crippen molar-refractivity contribution in [2.75, 3.05) is 13.7 Å². The number of carbonyl (C=O) groups is 3. The second-order valence-electron chi connectivity index (χ2n) is 7.01. The van der Waals surface area contributed by atoms with Crippen LogP contribution in [0, 0.1) is 5.41 Å². The molecule has 1 amide bonds. The second kappa shape index (κ2) is 8.22. The van der Waals surface area contributed by atoms with Crippen molar-refractivity contribution >= 4 is 33.4 Å². The molecule has 146 valence electrons. The predicted molar refractivity (Wildman–Crippen MR) is 107 cm³/mol. The summed E-state index contributed by atoms with van der Waals surface area (Å²) in [5, 5.41) is 0. The fourth-order valence-corrected chi connectivity index (χ4v) is 3.77. The van der Waals surface area contributed by atoms with Crippen LogP contribution >= 0.6 is 15.9 Å². The third kappa shape index (κ3) is 3.99. The summed E-state index contributed by atoms with van der Waals surface area (Å²) in [5.41, 5.74) is -0.0112. The van der Waals surface area contributed by atoms with Gasteiger partial charge in [0.1, 0.15) is 16.9 Å². The van der Waals surface area contributed by atoms with Gasteiger partial charge in [0.05, 0.1) is 13.5 Å². The van der Waals surface area contributed by atoms with Gasteiger partial charge in [-0.15, -0.1) is 0 Å². The number of ketones is 2. The average Bonchev–Trinajstić information content (AvgIpc) is 2.98.